The van der Waals surface area contributed by atoms with E-state index in [1.165, 1.54) is 32.1 Å². The molecule has 5 heteroatoms. The first-order valence-corrected chi connectivity index (χ1v) is 11.6. The van der Waals surface area contributed by atoms with E-state index in [9.17, 15) is 19.5 Å². The van der Waals surface area contributed by atoms with Crippen LogP contribution in [-0.4, -0.2) is 28.9 Å². The molecular weight excluding hydrogens is 368 g/mol. The van der Waals surface area contributed by atoms with E-state index >= 15 is 0 Å². The molecule has 0 aliphatic heterocycles. The molecule has 5 nitrogen and oxygen atoms in total. The molecular formula is C24H40O5. The summed E-state index contributed by atoms with van der Waals surface area (Å²) in [6.07, 6.45) is 16.5. The Morgan fingerprint density at radius 3 is 2.31 bits per heavy atom. The van der Waals surface area contributed by atoms with E-state index < -0.39 is 11.9 Å². The Morgan fingerprint density at radius 2 is 1.66 bits per heavy atom. The number of ketones is 1. The number of Topliss-reactive ketones (excluding diaryl/α,β-unsaturated/α-hetero) is 1. The van der Waals surface area contributed by atoms with Crippen LogP contribution in [0, 0.1) is 11.8 Å². The number of carbonyl (C=O) groups is 3. The van der Waals surface area contributed by atoms with Gasteiger partial charge < -0.3 is 9.84 Å². The van der Waals surface area contributed by atoms with Crippen LogP contribution in [-0.2, 0) is 19.1 Å². The number of rotatable bonds is 16. The minimum Gasteiger partial charge on any atom is -0.481 e. The maximum Gasteiger partial charge on any atom is 0.314 e. The number of unbranched alkanes of at least 4 members (excludes halogenated alkanes) is 8. The quantitative estimate of drug-likeness (QED) is 0.150. The van der Waals surface area contributed by atoms with Crippen molar-refractivity contribution in [2.75, 3.05) is 0 Å². The van der Waals surface area contributed by atoms with Gasteiger partial charge in [-0.3, -0.25) is 14.4 Å². The van der Waals surface area contributed by atoms with E-state index in [0.29, 0.717) is 19.3 Å². The Kier molecular flexibility index (Phi) is 13.3. The van der Waals surface area contributed by atoms with Crippen molar-refractivity contribution >= 4 is 17.7 Å². The first-order chi connectivity index (χ1) is 14.0. The Bertz CT molecular complexity index is 525. The smallest absolute Gasteiger partial charge is 0.314 e. The lowest BCUT2D eigenvalue weighted by molar-refractivity contribution is -0.148. The van der Waals surface area contributed by atoms with Crippen LogP contribution in [0.5, 0.6) is 0 Å². The average molecular weight is 409 g/mol. The van der Waals surface area contributed by atoms with E-state index in [-0.39, 0.29) is 23.8 Å². The summed E-state index contributed by atoms with van der Waals surface area (Å²) in [5.74, 6) is -2.69. The minimum atomic E-state index is -1.05. The Labute approximate surface area is 176 Å². The van der Waals surface area contributed by atoms with E-state index in [0.717, 1.165) is 38.5 Å². The van der Waals surface area contributed by atoms with Crippen molar-refractivity contribution < 1.29 is 24.2 Å². The van der Waals surface area contributed by atoms with Gasteiger partial charge in [0.1, 0.15) is 17.8 Å². The summed E-state index contributed by atoms with van der Waals surface area (Å²) in [6, 6.07) is 0. The van der Waals surface area contributed by atoms with Crippen LogP contribution in [0.15, 0.2) is 12.2 Å². The van der Waals surface area contributed by atoms with Crippen LogP contribution in [0.25, 0.3) is 0 Å². The van der Waals surface area contributed by atoms with Gasteiger partial charge in [0, 0.05) is 12.8 Å². The van der Waals surface area contributed by atoms with Crippen LogP contribution in [0.1, 0.15) is 104 Å². The predicted octanol–water partition coefficient (Wildman–Crippen LogP) is 5.86. The minimum absolute atomic E-state index is 0.179. The number of ether oxygens (including phenoxy) is 1. The van der Waals surface area contributed by atoms with E-state index in [2.05, 4.69) is 13.8 Å². The molecule has 166 valence electrons. The predicted molar refractivity (Wildman–Crippen MR) is 115 cm³/mol. The lowest BCUT2D eigenvalue weighted by atomic mass is 9.94. The molecule has 0 bridgehead atoms. The zero-order valence-corrected chi connectivity index (χ0v) is 18.4. The summed E-state index contributed by atoms with van der Waals surface area (Å²) in [7, 11) is 0. The molecule has 0 aromatic rings. The van der Waals surface area contributed by atoms with Gasteiger partial charge >= 0.3 is 11.9 Å². The number of carbonyl (C=O) groups excluding carboxylic acids is 2. The largest absolute Gasteiger partial charge is 0.481 e. The number of hydrogen-bond acceptors (Lipinski definition) is 4. The second kappa shape index (κ2) is 15.2. The normalized spacial score (nSPS) is 20.3. The average Bonchev–Trinajstić information content (AvgIpc) is 3.06. The molecule has 1 aliphatic rings. The molecule has 1 N–H and O–H groups in total. The highest BCUT2D eigenvalue weighted by molar-refractivity contribution is 6.00. The highest BCUT2D eigenvalue weighted by Crippen LogP contribution is 2.30. The molecule has 0 aromatic heterocycles. The first-order valence-electron chi connectivity index (χ1n) is 11.6. The van der Waals surface area contributed by atoms with Crippen LogP contribution in [0.2, 0.25) is 0 Å². The summed E-state index contributed by atoms with van der Waals surface area (Å²) in [4.78, 5) is 35.4. The number of esters is 1. The van der Waals surface area contributed by atoms with Crippen LogP contribution in [0.3, 0.4) is 0 Å². The highest BCUT2D eigenvalue weighted by Gasteiger charge is 2.38. The molecule has 3 unspecified atom stereocenters. The maximum atomic E-state index is 12.2. The highest BCUT2D eigenvalue weighted by atomic mass is 16.5. The molecule has 0 heterocycles. The summed E-state index contributed by atoms with van der Waals surface area (Å²) < 4.78 is 5.67. The molecule has 0 spiro atoms. The van der Waals surface area contributed by atoms with Crippen LogP contribution in [0.4, 0.5) is 0 Å². The van der Waals surface area contributed by atoms with Gasteiger partial charge in [-0.2, -0.15) is 0 Å². The Hall–Kier alpha value is -1.65. The maximum absolute atomic E-state index is 12.2. The van der Waals surface area contributed by atoms with Gasteiger partial charge in [0.15, 0.2) is 0 Å². The van der Waals surface area contributed by atoms with E-state index in [4.69, 9.17) is 4.74 Å². The van der Waals surface area contributed by atoms with Crippen molar-refractivity contribution in [3.8, 4) is 0 Å². The molecule has 0 radical (unpaired) electrons. The number of hydrogen-bond donors (Lipinski definition) is 1. The lowest BCUT2D eigenvalue weighted by Gasteiger charge is -2.16. The Balaban J connectivity index is 2.47. The van der Waals surface area contributed by atoms with Crippen LogP contribution >= 0.6 is 0 Å². The van der Waals surface area contributed by atoms with Gasteiger partial charge in [-0.25, -0.2) is 0 Å². The lowest BCUT2D eigenvalue weighted by Crippen LogP contribution is -2.24. The summed E-state index contributed by atoms with van der Waals surface area (Å²) in [6.45, 7) is 4.33. The van der Waals surface area contributed by atoms with Gasteiger partial charge in [0.25, 0.3) is 0 Å². The van der Waals surface area contributed by atoms with Crippen molar-refractivity contribution in [2.45, 2.75) is 110 Å². The first kappa shape index (κ1) is 25.4. The number of carboxylic acid groups (broad SMARTS) is 1. The van der Waals surface area contributed by atoms with Crippen molar-refractivity contribution in [3.05, 3.63) is 12.2 Å². The fraction of sp³-hybridized carbons (Fsp3) is 0.792. The molecule has 0 amide bonds. The zero-order valence-electron chi connectivity index (χ0n) is 18.4. The van der Waals surface area contributed by atoms with Gasteiger partial charge in [-0.05, 0) is 37.7 Å². The third kappa shape index (κ3) is 10.6. The van der Waals surface area contributed by atoms with Crippen molar-refractivity contribution in [3.63, 3.8) is 0 Å². The zero-order chi connectivity index (χ0) is 21.5. The topological polar surface area (TPSA) is 80.7 Å². The molecule has 1 fully saturated rings. The monoisotopic (exact) mass is 408 g/mol. The van der Waals surface area contributed by atoms with Gasteiger partial charge in [-0.15, -0.1) is 0 Å². The Morgan fingerprint density at radius 1 is 1.03 bits per heavy atom. The molecule has 0 aromatic carbocycles. The molecule has 29 heavy (non-hydrogen) atoms. The van der Waals surface area contributed by atoms with E-state index in [1.807, 2.05) is 6.08 Å². The second-order valence-electron chi connectivity index (χ2n) is 8.27. The second-order valence-corrected chi connectivity index (χ2v) is 8.27. The number of aliphatic carboxylic acids is 1. The van der Waals surface area contributed by atoms with E-state index in [1.54, 1.807) is 6.08 Å². The van der Waals surface area contributed by atoms with Gasteiger partial charge in [0.2, 0.25) is 0 Å². The van der Waals surface area contributed by atoms with Crippen LogP contribution < -0.4 is 0 Å². The third-order valence-corrected chi connectivity index (χ3v) is 5.70. The van der Waals surface area contributed by atoms with Gasteiger partial charge in [0.05, 0.1) is 0 Å². The van der Waals surface area contributed by atoms with Crippen molar-refractivity contribution in [1.29, 1.82) is 0 Å². The fourth-order valence-electron chi connectivity index (χ4n) is 3.91. The number of carboxylic acids is 1. The molecule has 0 saturated heterocycles. The summed E-state index contributed by atoms with van der Waals surface area (Å²) >= 11 is 0. The summed E-state index contributed by atoms with van der Waals surface area (Å²) in [5, 5.41) is 9.29. The van der Waals surface area contributed by atoms with Crippen molar-refractivity contribution in [2.24, 2.45) is 11.8 Å². The molecule has 1 rings (SSSR count). The molecule has 1 saturated carbocycles. The molecule has 1 aliphatic carbocycles. The fourth-order valence-corrected chi connectivity index (χ4v) is 3.91. The molecule has 3 atom stereocenters. The number of allylic oxidation sites excluding steroid dienone is 1. The standard InChI is InChI=1S/C24H40O5/c1-3-5-7-8-9-10-12-14-22(26)29-20(13-11-6-4-2)17-15-19-16-18-21(25)23(19)24(27)28/h15,17,19-20,23H,3-14,16,18H2,1-2H3,(H,27,28). The SMILES string of the molecule is CCCCCCCCCC(=O)OC(C=CC1CCC(=O)C1C(=O)O)CCCCC. The van der Waals surface area contributed by atoms with Gasteiger partial charge in [-0.1, -0.05) is 71.3 Å². The third-order valence-electron chi connectivity index (χ3n) is 5.70. The van der Waals surface area contributed by atoms with Crippen molar-refractivity contribution in [1.82, 2.24) is 0 Å². The summed E-state index contributed by atoms with van der Waals surface area (Å²) in [5.41, 5.74) is 0.